The summed E-state index contributed by atoms with van der Waals surface area (Å²) in [6.07, 6.45) is 15.4. The molecule has 23 heavy (non-hydrogen) atoms. The Bertz CT molecular complexity index is 422. The van der Waals surface area contributed by atoms with Gasteiger partial charge in [0.05, 0.1) is 12.3 Å². The number of hydrogen-bond acceptors (Lipinski definition) is 4. The zero-order valence-electron chi connectivity index (χ0n) is 14.7. The van der Waals surface area contributed by atoms with E-state index in [1.165, 1.54) is 57.4 Å². The van der Waals surface area contributed by atoms with Crippen LogP contribution in [0.5, 0.6) is 0 Å². The van der Waals surface area contributed by atoms with Crippen molar-refractivity contribution < 1.29 is 69.5 Å². The monoisotopic (exact) mass is 371 g/mol. The van der Waals surface area contributed by atoms with E-state index < -0.39 is 21.8 Å². The average molecular weight is 372 g/mol. The van der Waals surface area contributed by atoms with E-state index in [1.54, 1.807) is 6.08 Å². The standard InChI is InChI=1S/C16H31NO4S.K/c1-2-3-4-5-6-7-8-9-10-11-12-13-16(18)17-14-15-22(19,20)21;/h12-13H,2-11,14-15H2,1H3,(H,17,18)(H,19,20,21);/q;+1/p-1/b13-12+;. The van der Waals surface area contributed by atoms with Crippen molar-refractivity contribution in [2.24, 2.45) is 4.99 Å². The quantitative estimate of drug-likeness (QED) is 0.154. The van der Waals surface area contributed by atoms with E-state index in [9.17, 15) is 13.5 Å². The molecule has 0 fully saturated rings. The normalized spacial score (nSPS) is 12.5. The van der Waals surface area contributed by atoms with Crippen LogP contribution < -0.4 is 56.5 Å². The maximum Gasteiger partial charge on any atom is 1.00 e. The number of unbranched alkanes of at least 4 members (excludes halogenated alkanes) is 9. The molecule has 5 nitrogen and oxygen atoms in total. The molecule has 0 heterocycles. The molecule has 0 rings (SSSR count). The molecule has 0 aromatic rings. The van der Waals surface area contributed by atoms with E-state index in [1.807, 2.05) is 0 Å². The molecule has 0 aromatic carbocycles. The van der Waals surface area contributed by atoms with Crippen LogP contribution in [0.1, 0.15) is 71.1 Å². The van der Waals surface area contributed by atoms with Gasteiger partial charge in [-0.2, -0.15) is 8.42 Å². The molecule has 0 aliphatic heterocycles. The summed E-state index contributed by atoms with van der Waals surface area (Å²) in [5, 5.41) is 11.3. The van der Waals surface area contributed by atoms with Crippen LogP contribution in [0.25, 0.3) is 0 Å². The van der Waals surface area contributed by atoms with Gasteiger partial charge in [-0.3, -0.25) is 9.55 Å². The van der Waals surface area contributed by atoms with E-state index in [4.69, 9.17) is 4.55 Å². The second-order valence-electron chi connectivity index (χ2n) is 5.53. The van der Waals surface area contributed by atoms with Crippen molar-refractivity contribution in [3.8, 4) is 0 Å². The molecule has 7 heteroatoms. The minimum Gasteiger partial charge on any atom is -0.859 e. The summed E-state index contributed by atoms with van der Waals surface area (Å²) in [5.74, 6) is -0.954. The largest absolute Gasteiger partial charge is 1.00 e. The maximum absolute atomic E-state index is 11.3. The Balaban J connectivity index is 0. The van der Waals surface area contributed by atoms with Crippen molar-refractivity contribution in [1.29, 1.82) is 0 Å². The summed E-state index contributed by atoms with van der Waals surface area (Å²) >= 11 is 0. The van der Waals surface area contributed by atoms with Gasteiger partial charge in [0.1, 0.15) is 0 Å². The van der Waals surface area contributed by atoms with Crippen LogP contribution in [0, 0.1) is 0 Å². The first-order valence-corrected chi connectivity index (χ1v) is 9.90. The second kappa shape index (κ2) is 17.6. The fourth-order valence-electron chi connectivity index (χ4n) is 2.08. The Kier molecular flexibility index (Phi) is 19.9. The van der Waals surface area contributed by atoms with Crippen molar-refractivity contribution in [1.82, 2.24) is 0 Å². The van der Waals surface area contributed by atoms with E-state index in [2.05, 4.69) is 11.9 Å². The van der Waals surface area contributed by atoms with E-state index in [-0.39, 0.29) is 57.9 Å². The van der Waals surface area contributed by atoms with Crippen LogP contribution >= 0.6 is 0 Å². The summed E-state index contributed by atoms with van der Waals surface area (Å²) in [7, 11) is -4.04. The van der Waals surface area contributed by atoms with Gasteiger partial charge in [0, 0.05) is 0 Å². The molecule has 0 aromatic heterocycles. The van der Waals surface area contributed by atoms with Crippen LogP contribution in [0.2, 0.25) is 0 Å². The second-order valence-corrected chi connectivity index (χ2v) is 7.10. The number of aliphatic imine (C=N–C) groups is 1. The number of hydrogen-bond donors (Lipinski definition) is 1. The maximum atomic E-state index is 11.3. The molecule has 130 valence electrons. The first kappa shape index (κ1) is 26.0. The third-order valence-electron chi connectivity index (χ3n) is 3.35. The zero-order chi connectivity index (χ0) is 16.7. The summed E-state index contributed by atoms with van der Waals surface area (Å²) in [6.45, 7) is 2.03. The molecule has 0 aliphatic carbocycles. The van der Waals surface area contributed by atoms with E-state index in [0.29, 0.717) is 0 Å². The molecule has 0 saturated heterocycles. The Morgan fingerprint density at radius 3 is 2.09 bits per heavy atom. The molecule has 0 saturated carbocycles. The third-order valence-corrected chi connectivity index (χ3v) is 4.05. The van der Waals surface area contributed by atoms with Gasteiger partial charge in [0.25, 0.3) is 10.1 Å². The fourth-order valence-corrected chi connectivity index (χ4v) is 2.40. The van der Waals surface area contributed by atoms with Gasteiger partial charge in [-0.25, -0.2) is 0 Å². The van der Waals surface area contributed by atoms with Crippen molar-refractivity contribution in [2.45, 2.75) is 71.1 Å². The summed E-state index contributed by atoms with van der Waals surface area (Å²) in [4.78, 5) is 3.53. The number of rotatable bonds is 14. The van der Waals surface area contributed by atoms with Crippen molar-refractivity contribution in [3.05, 3.63) is 12.2 Å². The molecule has 1 N–H and O–H groups in total. The van der Waals surface area contributed by atoms with Gasteiger partial charge in [-0.1, -0.05) is 70.4 Å². The Hall–Kier alpha value is 0.756. The molecule has 0 bridgehead atoms. The van der Waals surface area contributed by atoms with Gasteiger partial charge < -0.3 is 5.11 Å². The third kappa shape index (κ3) is 22.8. The number of nitrogens with zero attached hydrogens (tertiary/aromatic N) is 1. The van der Waals surface area contributed by atoms with Crippen LogP contribution in [-0.2, 0) is 10.1 Å². The molecule has 0 unspecified atom stereocenters. The van der Waals surface area contributed by atoms with Crippen molar-refractivity contribution in [3.63, 3.8) is 0 Å². The van der Waals surface area contributed by atoms with Gasteiger partial charge in [-0.05, 0) is 18.7 Å². The molecule has 0 aliphatic rings. The van der Waals surface area contributed by atoms with Crippen LogP contribution in [0.3, 0.4) is 0 Å². The van der Waals surface area contributed by atoms with E-state index in [0.717, 1.165) is 12.8 Å². The predicted molar refractivity (Wildman–Crippen MR) is 89.7 cm³/mol. The van der Waals surface area contributed by atoms with Gasteiger partial charge in [0.15, 0.2) is 0 Å². The predicted octanol–water partition coefficient (Wildman–Crippen LogP) is 0.114. The smallest absolute Gasteiger partial charge is 0.859 e. The summed E-state index contributed by atoms with van der Waals surface area (Å²) in [5.41, 5.74) is 0. The van der Waals surface area contributed by atoms with Crippen molar-refractivity contribution >= 4 is 16.0 Å². The Labute approximate surface area is 184 Å². The minimum atomic E-state index is -4.04. The van der Waals surface area contributed by atoms with Gasteiger partial charge in [-0.15, -0.1) is 0 Å². The molecular weight excluding hydrogens is 341 g/mol. The molecule has 0 spiro atoms. The van der Waals surface area contributed by atoms with E-state index >= 15 is 0 Å². The topological polar surface area (TPSA) is 89.8 Å². The average Bonchev–Trinajstić information content (AvgIpc) is 2.43. The molecule has 0 atom stereocenters. The van der Waals surface area contributed by atoms with Crippen LogP contribution in [-0.4, -0.2) is 31.2 Å². The van der Waals surface area contributed by atoms with Gasteiger partial charge in [0.2, 0.25) is 0 Å². The van der Waals surface area contributed by atoms with Gasteiger partial charge >= 0.3 is 51.4 Å². The Morgan fingerprint density at radius 2 is 1.57 bits per heavy atom. The first-order valence-electron chi connectivity index (χ1n) is 8.29. The minimum absolute atomic E-state index is 0. The SMILES string of the molecule is CCCCCCCCCCC/C=C/C([O-])=NCCS(=O)(=O)O.[K+]. The number of allylic oxidation sites excluding steroid dienone is 1. The zero-order valence-corrected chi connectivity index (χ0v) is 18.6. The Morgan fingerprint density at radius 1 is 1.04 bits per heavy atom. The molecule has 0 radical (unpaired) electrons. The van der Waals surface area contributed by atoms with Crippen molar-refractivity contribution in [2.75, 3.05) is 12.3 Å². The van der Waals surface area contributed by atoms with Crippen LogP contribution in [0.4, 0.5) is 0 Å². The first-order chi connectivity index (χ1) is 10.5. The fraction of sp³-hybridized carbons (Fsp3) is 0.812. The molecule has 0 amide bonds. The molecular formula is C16H30KNO4S. The summed E-state index contributed by atoms with van der Waals surface area (Å²) < 4.78 is 29.4. The van der Waals surface area contributed by atoms with Crippen LogP contribution in [0.15, 0.2) is 17.1 Å². The summed E-state index contributed by atoms with van der Waals surface area (Å²) in [6, 6.07) is 0.